The molecule has 142 valence electrons. The summed E-state index contributed by atoms with van der Waals surface area (Å²) in [6, 6.07) is 9.00. The van der Waals surface area contributed by atoms with Gasteiger partial charge in [-0.15, -0.1) is 21.5 Å². The van der Waals surface area contributed by atoms with E-state index in [1.54, 1.807) is 11.3 Å². The lowest BCUT2D eigenvalue weighted by atomic mass is 9.80. The number of nitrogens with one attached hydrogen (secondary N) is 1. The number of amides is 3. The van der Waals surface area contributed by atoms with E-state index < -0.39 is 11.6 Å². The second kappa shape index (κ2) is 6.52. The highest BCUT2D eigenvalue weighted by Crippen LogP contribution is 2.42. The van der Waals surface area contributed by atoms with Gasteiger partial charge >= 0.3 is 6.03 Å². The van der Waals surface area contributed by atoms with Gasteiger partial charge in [0, 0.05) is 14.9 Å². The van der Waals surface area contributed by atoms with Gasteiger partial charge in [0.1, 0.15) is 12.1 Å². The zero-order valence-electron chi connectivity index (χ0n) is 14.6. The largest absolute Gasteiger partial charge is 0.419 e. The maximum Gasteiger partial charge on any atom is 0.325 e. The van der Waals surface area contributed by atoms with Crippen LogP contribution in [-0.2, 0) is 23.3 Å². The third kappa shape index (κ3) is 2.61. The number of rotatable bonds is 3. The lowest BCUT2D eigenvalue weighted by molar-refractivity contribution is -0.132. The van der Waals surface area contributed by atoms with E-state index >= 15 is 0 Å². The van der Waals surface area contributed by atoms with Crippen molar-refractivity contribution in [2.75, 3.05) is 0 Å². The first-order valence-electron chi connectivity index (χ1n) is 8.87. The Kier molecular flexibility index (Phi) is 4.09. The summed E-state index contributed by atoms with van der Waals surface area (Å²) in [5.74, 6) is 0.298. The van der Waals surface area contributed by atoms with Crippen LogP contribution < -0.4 is 5.32 Å². The SMILES string of the molecule is O=C1N[C@@]2(CCCc3sccc32)C(=O)N1Cc1nnc(-c2ccccc2Br)o1. The molecule has 3 amide bonds. The number of benzene rings is 1. The topological polar surface area (TPSA) is 88.3 Å². The summed E-state index contributed by atoms with van der Waals surface area (Å²) < 4.78 is 6.54. The molecule has 9 heteroatoms. The minimum absolute atomic E-state index is 0.0522. The fraction of sp³-hybridized carbons (Fsp3) is 0.263. The Labute approximate surface area is 172 Å². The summed E-state index contributed by atoms with van der Waals surface area (Å²) in [5.41, 5.74) is 0.713. The fourth-order valence-electron chi connectivity index (χ4n) is 3.88. The number of halogens is 1. The molecule has 0 bridgehead atoms. The zero-order chi connectivity index (χ0) is 19.3. The van der Waals surface area contributed by atoms with Gasteiger partial charge in [-0.05, 0) is 58.8 Å². The first-order chi connectivity index (χ1) is 13.6. The Morgan fingerprint density at radius 1 is 1.25 bits per heavy atom. The quantitative estimate of drug-likeness (QED) is 0.602. The van der Waals surface area contributed by atoms with E-state index in [1.165, 1.54) is 4.90 Å². The fourth-order valence-corrected chi connectivity index (χ4v) is 5.34. The molecular weight excluding hydrogens is 444 g/mol. The molecule has 28 heavy (non-hydrogen) atoms. The van der Waals surface area contributed by atoms with Crippen LogP contribution in [0.15, 0.2) is 44.6 Å². The molecule has 1 aliphatic carbocycles. The van der Waals surface area contributed by atoms with Crippen LogP contribution in [0.25, 0.3) is 11.5 Å². The second-order valence-electron chi connectivity index (χ2n) is 6.82. The minimum atomic E-state index is -0.962. The van der Waals surface area contributed by atoms with Gasteiger partial charge in [-0.25, -0.2) is 4.79 Å². The number of thiophene rings is 1. The minimum Gasteiger partial charge on any atom is -0.419 e. The first-order valence-corrected chi connectivity index (χ1v) is 10.5. The Morgan fingerprint density at radius 2 is 2.11 bits per heavy atom. The number of urea groups is 1. The van der Waals surface area contributed by atoms with Gasteiger partial charge in [-0.1, -0.05) is 12.1 Å². The van der Waals surface area contributed by atoms with E-state index in [0.717, 1.165) is 33.3 Å². The molecule has 3 heterocycles. The standard InChI is InChI=1S/C19H15BrN4O3S/c20-13-5-2-1-4-11(13)16-23-22-15(27-16)10-24-17(25)19(21-18(24)26)8-3-6-14-12(19)7-9-28-14/h1-2,4-5,7,9H,3,6,8,10H2,(H,21,26)/t19-/m1/s1. The summed E-state index contributed by atoms with van der Waals surface area (Å²) in [4.78, 5) is 28.2. The summed E-state index contributed by atoms with van der Waals surface area (Å²) >= 11 is 5.08. The molecule has 2 aromatic heterocycles. The number of aromatic nitrogens is 2. The van der Waals surface area contributed by atoms with E-state index in [2.05, 4.69) is 31.4 Å². The monoisotopic (exact) mass is 458 g/mol. The molecule has 0 radical (unpaired) electrons. The normalized spacial score (nSPS) is 21.2. The number of hydrogen-bond acceptors (Lipinski definition) is 6. The van der Waals surface area contributed by atoms with Crippen LogP contribution in [0.3, 0.4) is 0 Å². The molecule has 5 rings (SSSR count). The Hall–Kier alpha value is -2.52. The Balaban J connectivity index is 1.43. The molecule has 1 aliphatic heterocycles. The van der Waals surface area contributed by atoms with Crippen LogP contribution >= 0.6 is 27.3 Å². The molecule has 1 N–H and O–H groups in total. The van der Waals surface area contributed by atoms with Gasteiger partial charge in [0.25, 0.3) is 5.91 Å². The number of carbonyl (C=O) groups is 2. The van der Waals surface area contributed by atoms with Gasteiger partial charge in [-0.3, -0.25) is 9.69 Å². The van der Waals surface area contributed by atoms with Gasteiger partial charge in [-0.2, -0.15) is 0 Å². The third-order valence-corrected chi connectivity index (χ3v) is 6.87. The average molecular weight is 459 g/mol. The van der Waals surface area contributed by atoms with Crippen LogP contribution in [0.4, 0.5) is 4.79 Å². The summed E-state index contributed by atoms with van der Waals surface area (Å²) in [6.07, 6.45) is 2.40. The average Bonchev–Trinajstić information content (AvgIpc) is 3.40. The van der Waals surface area contributed by atoms with Crippen LogP contribution in [0.5, 0.6) is 0 Å². The molecule has 0 saturated carbocycles. The van der Waals surface area contributed by atoms with Crippen molar-refractivity contribution >= 4 is 39.2 Å². The molecule has 0 unspecified atom stereocenters. The second-order valence-corrected chi connectivity index (χ2v) is 8.67. The molecular formula is C19H15BrN4O3S. The van der Waals surface area contributed by atoms with E-state index in [1.807, 2.05) is 35.7 Å². The van der Waals surface area contributed by atoms with E-state index in [0.29, 0.717) is 12.3 Å². The molecule has 1 fully saturated rings. The highest BCUT2D eigenvalue weighted by molar-refractivity contribution is 9.10. The Bertz CT molecular complexity index is 1090. The zero-order valence-corrected chi connectivity index (χ0v) is 17.0. The molecule has 1 saturated heterocycles. The predicted molar refractivity (Wildman–Crippen MR) is 105 cm³/mol. The van der Waals surface area contributed by atoms with Crippen molar-refractivity contribution in [1.82, 2.24) is 20.4 Å². The molecule has 2 aliphatic rings. The van der Waals surface area contributed by atoms with Crippen molar-refractivity contribution in [2.24, 2.45) is 0 Å². The highest BCUT2D eigenvalue weighted by atomic mass is 79.9. The lowest BCUT2D eigenvalue weighted by Gasteiger charge is -2.31. The van der Waals surface area contributed by atoms with Gasteiger partial charge < -0.3 is 9.73 Å². The smallest absolute Gasteiger partial charge is 0.325 e. The number of aryl methyl sites for hydroxylation is 1. The first kappa shape index (κ1) is 17.6. The molecule has 1 spiro atoms. The van der Waals surface area contributed by atoms with E-state index in [9.17, 15) is 9.59 Å². The van der Waals surface area contributed by atoms with Crippen LogP contribution in [0.1, 0.15) is 29.2 Å². The number of carbonyl (C=O) groups excluding carboxylic acids is 2. The maximum atomic E-state index is 13.2. The molecule has 1 atom stereocenters. The molecule has 1 aromatic carbocycles. The van der Waals surface area contributed by atoms with Crippen molar-refractivity contribution in [1.29, 1.82) is 0 Å². The van der Waals surface area contributed by atoms with Crippen LogP contribution in [0.2, 0.25) is 0 Å². The third-order valence-electron chi connectivity index (χ3n) is 5.20. The number of fused-ring (bicyclic) bond motifs is 2. The predicted octanol–water partition coefficient (Wildman–Crippen LogP) is 3.84. The summed E-state index contributed by atoms with van der Waals surface area (Å²) in [7, 11) is 0. The highest BCUT2D eigenvalue weighted by Gasteiger charge is 2.54. The van der Waals surface area contributed by atoms with Crippen molar-refractivity contribution in [3.8, 4) is 11.5 Å². The van der Waals surface area contributed by atoms with Crippen molar-refractivity contribution in [3.05, 3.63) is 56.5 Å². The van der Waals surface area contributed by atoms with Crippen molar-refractivity contribution < 1.29 is 14.0 Å². The molecule has 7 nitrogen and oxygen atoms in total. The summed E-state index contributed by atoms with van der Waals surface area (Å²) in [6.45, 7) is -0.0522. The number of hydrogen-bond donors (Lipinski definition) is 1. The van der Waals surface area contributed by atoms with Gasteiger partial charge in [0.2, 0.25) is 11.8 Å². The van der Waals surface area contributed by atoms with Gasteiger partial charge in [0.05, 0.1) is 5.56 Å². The van der Waals surface area contributed by atoms with E-state index in [-0.39, 0.29) is 18.3 Å². The van der Waals surface area contributed by atoms with E-state index in [4.69, 9.17) is 4.42 Å². The van der Waals surface area contributed by atoms with Crippen molar-refractivity contribution in [3.63, 3.8) is 0 Å². The molecule has 3 aromatic rings. The summed E-state index contributed by atoms with van der Waals surface area (Å²) in [5, 5.41) is 13.0. The van der Waals surface area contributed by atoms with Gasteiger partial charge in [0.15, 0.2) is 0 Å². The number of nitrogens with zero attached hydrogens (tertiary/aromatic N) is 3. The lowest BCUT2D eigenvalue weighted by Crippen LogP contribution is -2.46. The maximum absolute atomic E-state index is 13.2. The van der Waals surface area contributed by atoms with Crippen LogP contribution in [0, 0.1) is 0 Å². The van der Waals surface area contributed by atoms with Crippen LogP contribution in [-0.4, -0.2) is 27.0 Å². The Morgan fingerprint density at radius 3 is 2.96 bits per heavy atom. The van der Waals surface area contributed by atoms with Crippen molar-refractivity contribution in [2.45, 2.75) is 31.3 Å². The number of imide groups is 1.